The standard InChI is InChI=1S/C14H17N3O3/c1-18-12(10-5-3-2-4-6-10)14-16-13(17-20-14)11-9-19-8-7-15-11/h2-6,11-12,15H,7-9H2,1H3. The largest absolute Gasteiger partial charge is 0.378 e. The molecule has 2 heterocycles. The first-order valence-corrected chi connectivity index (χ1v) is 6.61. The summed E-state index contributed by atoms with van der Waals surface area (Å²) in [6.45, 7) is 2.06. The number of morpholine rings is 1. The second kappa shape index (κ2) is 6.13. The molecule has 0 radical (unpaired) electrons. The Balaban J connectivity index is 1.81. The molecule has 6 nitrogen and oxygen atoms in total. The van der Waals surface area contributed by atoms with Crippen LogP contribution in [0.5, 0.6) is 0 Å². The molecule has 2 unspecified atom stereocenters. The highest BCUT2D eigenvalue weighted by molar-refractivity contribution is 5.22. The Kier molecular flexibility index (Phi) is 4.05. The first-order chi connectivity index (χ1) is 9.88. The van der Waals surface area contributed by atoms with E-state index in [9.17, 15) is 0 Å². The summed E-state index contributed by atoms with van der Waals surface area (Å²) in [5, 5.41) is 7.32. The molecule has 0 saturated carbocycles. The van der Waals surface area contributed by atoms with Crippen molar-refractivity contribution in [2.45, 2.75) is 12.1 Å². The molecule has 3 rings (SSSR count). The third-order valence-corrected chi connectivity index (χ3v) is 3.25. The number of benzene rings is 1. The number of hydrogen-bond acceptors (Lipinski definition) is 6. The molecule has 1 aliphatic rings. The Morgan fingerprint density at radius 2 is 2.20 bits per heavy atom. The summed E-state index contributed by atoms with van der Waals surface area (Å²) in [6, 6.07) is 9.79. The summed E-state index contributed by atoms with van der Waals surface area (Å²) in [5.74, 6) is 1.07. The highest BCUT2D eigenvalue weighted by Crippen LogP contribution is 2.25. The van der Waals surface area contributed by atoms with Crippen LogP contribution in [0.25, 0.3) is 0 Å². The molecule has 1 aromatic heterocycles. The van der Waals surface area contributed by atoms with E-state index in [0.717, 1.165) is 12.1 Å². The quantitative estimate of drug-likeness (QED) is 0.911. The molecule has 1 aromatic carbocycles. The van der Waals surface area contributed by atoms with Crippen molar-refractivity contribution in [3.8, 4) is 0 Å². The van der Waals surface area contributed by atoms with E-state index in [-0.39, 0.29) is 12.1 Å². The number of nitrogens with zero attached hydrogens (tertiary/aromatic N) is 2. The molecule has 0 spiro atoms. The van der Waals surface area contributed by atoms with Crippen molar-refractivity contribution in [1.29, 1.82) is 0 Å². The second-order valence-corrected chi connectivity index (χ2v) is 4.60. The van der Waals surface area contributed by atoms with Crippen molar-refractivity contribution in [3.63, 3.8) is 0 Å². The van der Waals surface area contributed by atoms with E-state index in [1.807, 2.05) is 30.3 Å². The van der Waals surface area contributed by atoms with Gasteiger partial charge < -0.3 is 19.3 Å². The SMILES string of the molecule is COC(c1ccccc1)c1nc(C2COCCN2)no1. The lowest BCUT2D eigenvalue weighted by molar-refractivity contribution is 0.0734. The Hall–Kier alpha value is -1.76. The Labute approximate surface area is 117 Å². The minimum Gasteiger partial charge on any atom is -0.378 e. The van der Waals surface area contributed by atoms with Crippen LogP contribution >= 0.6 is 0 Å². The summed E-state index contributed by atoms with van der Waals surface area (Å²) in [6.07, 6.45) is -0.345. The van der Waals surface area contributed by atoms with Gasteiger partial charge in [0.1, 0.15) is 0 Å². The molecule has 20 heavy (non-hydrogen) atoms. The zero-order chi connectivity index (χ0) is 13.8. The molecule has 0 aliphatic carbocycles. The minimum atomic E-state index is -0.345. The van der Waals surface area contributed by atoms with Crippen LogP contribution in [0.4, 0.5) is 0 Å². The van der Waals surface area contributed by atoms with Gasteiger partial charge >= 0.3 is 0 Å². The smallest absolute Gasteiger partial charge is 0.260 e. The third-order valence-electron chi connectivity index (χ3n) is 3.25. The van der Waals surface area contributed by atoms with Gasteiger partial charge in [0.25, 0.3) is 5.89 Å². The van der Waals surface area contributed by atoms with E-state index in [2.05, 4.69) is 15.5 Å². The van der Waals surface area contributed by atoms with Crippen LogP contribution in [0.2, 0.25) is 0 Å². The summed E-state index contributed by atoms with van der Waals surface area (Å²) in [5.41, 5.74) is 0.984. The molecule has 6 heteroatoms. The second-order valence-electron chi connectivity index (χ2n) is 4.60. The van der Waals surface area contributed by atoms with E-state index >= 15 is 0 Å². The van der Waals surface area contributed by atoms with Gasteiger partial charge in [-0.15, -0.1) is 0 Å². The molecule has 106 valence electrons. The lowest BCUT2D eigenvalue weighted by Gasteiger charge is -2.20. The molecule has 1 aliphatic heterocycles. The molecule has 0 bridgehead atoms. The monoisotopic (exact) mass is 275 g/mol. The molecular formula is C14H17N3O3. The number of ether oxygens (including phenoxy) is 2. The minimum absolute atomic E-state index is 0.0190. The highest BCUT2D eigenvalue weighted by Gasteiger charge is 2.25. The van der Waals surface area contributed by atoms with E-state index in [1.54, 1.807) is 7.11 Å². The summed E-state index contributed by atoms with van der Waals surface area (Å²) < 4.78 is 16.2. The van der Waals surface area contributed by atoms with Gasteiger partial charge in [-0.25, -0.2) is 0 Å². The van der Waals surface area contributed by atoms with Crippen LogP contribution in [-0.4, -0.2) is 37.0 Å². The zero-order valence-corrected chi connectivity index (χ0v) is 11.3. The number of hydrogen-bond donors (Lipinski definition) is 1. The van der Waals surface area contributed by atoms with Crippen molar-refractivity contribution in [2.75, 3.05) is 26.9 Å². The van der Waals surface area contributed by atoms with Gasteiger partial charge in [0.15, 0.2) is 11.9 Å². The molecule has 0 amide bonds. The maximum atomic E-state index is 5.48. The van der Waals surface area contributed by atoms with Crippen molar-refractivity contribution in [1.82, 2.24) is 15.5 Å². The van der Waals surface area contributed by atoms with Crippen LogP contribution in [0.1, 0.15) is 29.4 Å². The topological polar surface area (TPSA) is 69.4 Å². The lowest BCUT2D eigenvalue weighted by atomic mass is 10.1. The molecule has 2 aromatic rings. The van der Waals surface area contributed by atoms with E-state index in [4.69, 9.17) is 14.0 Å². The van der Waals surface area contributed by atoms with Crippen LogP contribution in [-0.2, 0) is 9.47 Å². The number of nitrogens with one attached hydrogen (secondary N) is 1. The first kappa shape index (κ1) is 13.2. The van der Waals surface area contributed by atoms with Crippen molar-refractivity contribution in [3.05, 3.63) is 47.6 Å². The highest BCUT2D eigenvalue weighted by atomic mass is 16.5. The molecule has 1 fully saturated rings. The van der Waals surface area contributed by atoms with Crippen LogP contribution in [0.15, 0.2) is 34.9 Å². The molecular weight excluding hydrogens is 258 g/mol. The zero-order valence-electron chi connectivity index (χ0n) is 11.3. The Morgan fingerprint density at radius 3 is 2.90 bits per heavy atom. The fourth-order valence-corrected chi connectivity index (χ4v) is 2.23. The van der Waals surface area contributed by atoms with Crippen molar-refractivity contribution >= 4 is 0 Å². The maximum Gasteiger partial charge on any atom is 0.260 e. The summed E-state index contributed by atoms with van der Waals surface area (Å²) >= 11 is 0. The average Bonchev–Trinajstić information content (AvgIpc) is 3.00. The van der Waals surface area contributed by atoms with E-state index < -0.39 is 0 Å². The fraction of sp³-hybridized carbons (Fsp3) is 0.429. The number of rotatable bonds is 4. The van der Waals surface area contributed by atoms with Crippen molar-refractivity contribution in [2.24, 2.45) is 0 Å². The van der Waals surface area contributed by atoms with Crippen LogP contribution in [0, 0.1) is 0 Å². The normalized spacial score (nSPS) is 20.8. The maximum absolute atomic E-state index is 5.48. The van der Waals surface area contributed by atoms with Gasteiger partial charge in [-0.1, -0.05) is 35.5 Å². The van der Waals surface area contributed by atoms with Gasteiger partial charge in [0.05, 0.1) is 19.3 Å². The third kappa shape index (κ3) is 2.72. The predicted octanol–water partition coefficient (Wildman–Crippen LogP) is 1.47. The summed E-state index contributed by atoms with van der Waals surface area (Å²) in [7, 11) is 1.63. The van der Waals surface area contributed by atoms with E-state index in [0.29, 0.717) is 24.9 Å². The Bertz CT molecular complexity index is 538. The average molecular weight is 275 g/mol. The van der Waals surface area contributed by atoms with Gasteiger partial charge in [-0.05, 0) is 5.56 Å². The lowest BCUT2D eigenvalue weighted by Crippen LogP contribution is -2.35. The summed E-state index contributed by atoms with van der Waals surface area (Å²) in [4.78, 5) is 4.44. The first-order valence-electron chi connectivity index (χ1n) is 6.61. The van der Waals surface area contributed by atoms with Gasteiger partial charge in [0, 0.05) is 13.7 Å². The van der Waals surface area contributed by atoms with Gasteiger partial charge in [-0.2, -0.15) is 4.98 Å². The van der Waals surface area contributed by atoms with E-state index in [1.165, 1.54) is 0 Å². The molecule has 2 atom stereocenters. The predicted molar refractivity (Wildman–Crippen MR) is 71.2 cm³/mol. The fourth-order valence-electron chi connectivity index (χ4n) is 2.23. The molecule has 1 N–H and O–H groups in total. The van der Waals surface area contributed by atoms with Gasteiger partial charge in [-0.3, -0.25) is 0 Å². The van der Waals surface area contributed by atoms with Crippen molar-refractivity contribution < 1.29 is 14.0 Å². The van der Waals surface area contributed by atoms with Crippen LogP contribution < -0.4 is 5.32 Å². The Morgan fingerprint density at radius 1 is 1.35 bits per heavy atom. The van der Waals surface area contributed by atoms with Crippen LogP contribution in [0.3, 0.4) is 0 Å². The molecule has 1 saturated heterocycles. The number of methoxy groups -OCH3 is 1. The van der Waals surface area contributed by atoms with Gasteiger partial charge in [0.2, 0.25) is 0 Å². The number of aromatic nitrogens is 2.